The summed E-state index contributed by atoms with van der Waals surface area (Å²) in [6.07, 6.45) is 0.241. The van der Waals surface area contributed by atoms with Crippen molar-refractivity contribution in [2.75, 3.05) is 5.32 Å². The maximum Gasteiger partial charge on any atom is 0.387 e. The number of amides is 1. The fourth-order valence-corrected chi connectivity index (χ4v) is 0.873. The first-order valence-corrected chi connectivity index (χ1v) is 3.58. The van der Waals surface area contributed by atoms with Gasteiger partial charge in [-0.05, 0) is 12.1 Å². The van der Waals surface area contributed by atoms with Gasteiger partial charge >= 0.3 is 6.61 Å². The van der Waals surface area contributed by atoms with Crippen molar-refractivity contribution in [1.82, 2.24) is 0 Å². The number of alkyl halides is 2. The van der Waals surface area contributed by atoms with E-state index < -0.39 is 18.2 Å². The molecule has 0 heterocycles. The third-order valence-electron chi connectivity index (χ3n) is 1.39. The molecule has 3 nitrogen and oxygen atoms in total. The maximum atomic E-state index is 13.1. The van der Waals surface area contributed by atoms with E-state index in [4.69, 9.17) is 0 Å². The summed E-state index contributed by atoms with van der Waals surface area (Å²) in [7, 11) is 0. The molecule has 0 aliphatic rings. The number of hydrogen-bond acceptors (Lipinski definition) is 2. The summed E-state index contributed by atoms with van der Waals surface area (Å²) in [5.41, 5.74) is -0.210. The van der Waals surface area contributed by atoms with Crippen molar-refractivity contribution >= 4 is 12.1 Å². The van der Waals surface area contributed by atoms with E-state index in [1.165, 1.54) is 12.1 Å². The Morgan fingerprint density at radius 3 is 2.71 bits per heavy atom. The second-order valence-electron chi connectivity index (χ2n) is 2.26. The molecule has 1 aromatic rings. The second-order valence-corrected chi connectivity index (χ2v) is 2.26. The summed E-state index contributed by atoms with van der Waals surface area (Å²) < 4.78 is 40.5. The molecule has 0 saturated carbocycles. The smallest absolute Gasteiger partial charge is 0.387 e. The standard InChI is InChI=1S/C8H6F3NO2/c9-7-5(12-4-13)2-1-3-6(7)14-8(10)11/h1-4,8H,(H,12,13). The van der Waals surface area contributed by atoms with Gasteiger partial charge in [0.25, 0.3) is 0 Å². The lowest BCUT2D eigenvalue weighted by molar-refractivity contribution is -0.105. The highest BCUT2D eigenvalue weighted by molar-refractivity contribution is 5.72. The highest BCUT2D eigenvalue weighted by Gasteiger charge is 2.12. The van der Waals surface area contributed by atoms with Crippen LogP contribution >= 0.6 is 0 Å². The molecular weight excluding hydrogens is 199 g/mol. The van der Waals surface area contributed by atoms with Crippen molar-refractivity contribution in [3.05, 3.63) is 24.0 Å². The number of carbonyl (C=O) groups excluding carboxylic acids is 1. The van der Waals surface area contributed by atoms with E-state index in [-0.39, 0.29) is 12.1 Å². The van der Waals surface area contributed by atoms with Gasteiger partial charge in [0, 0.05) is 0 Å². The normalized spacial score (nSPS) is 10.0. The van der Waals surface area contributed by atoms with Crippen LogP contribution in [0.3, 0.4) is 0 Å². The summed E-state index contributed by atoms with van der Waals surface area (Å²) in [5.74, 6) is -1.63. The van der Waals surface area contributed by atoms with E-state index in [1.54, 1.807) is 0 Å². The van der Waals surface area contributed by atoms with Gasteiger partial charge in [0.2, 0.25) is 6.41 Å². The Hall–Kier alpha value is -1.72. The molecule has 1 aromatic carbocycles. The summed E-state index contributed by atoms with van der Waals surface area (Å²) >= 11 is 0. The average Bonchev–Trinajstić information content (AvgIpc) is 2.11. The van der Waals surface area contributed by atoms with Crippen LogP contribution in [0.25, 0.3) is 0 Å². The van der Waals surface area contributed by atoms with Gasteiger partial charge in [-0.25, -0.2) is 4.39 Å². The van der Waals surface area contributed by atoms with Crippen LogP contribution in [0.4, 0.5) is 18.9 Å². The van der Waals surface area contributed by atoms with Crippen LogP contribution < -0.4 is 10.1 Å². The highest BCUT2D eigenvalue weighted by atomic mass is 19.3. The van der Waals surface area contributed by atoms with Crippen LogP contribution in [0.5, 0.6) is 5.75 Å². The molecule has 0 aromatic heterocycles. The third-order valence-corrected chi connectivity index (χ3v) is 1.39. The number of ether oxygens (including phenoxy) is 1. The number of halogens is 3. The van der Waals surface area contributed by atoms with E-state index in [9.17, 15) is 18.0 Å². The van der Waals surface area contributed by atoms with E-state index in [1.807, 2.05) is 5.32 Å². The lowest BCUT2D eigenvalue weighted by Gasteiger charge is -2.07. The number of nitrogens with one attached hydrogen (secondary N) is 1. The van der Waals surface area contributed by atoms with E-state index in [0.29, 0.717) is 0 Å². The summed E-state index contributed by atoms with van der Waals surface area (Å²) in [6.45, 7) is -3.10. The Labute approximate surface area is 77.5 Å². The molecule has 1 rings (SSSR count). The van der Waals surface area contributed by atoms with E-state index >= 15 is 0 Å². The van der Waals surface area contributed by atoms with Crippen LogP contribution in [0.15, 0.2) is 18.2 Å². The number of carbonyl (C=O) groups is 1. The SMILES string of the molecule is O=CNc1cccc(OC(F)F)c1F. The second kappa shape index (κ2) is 4.50. The minimum Gasteiger partial charge on any atom is -0.432 e. The predicted molar refractivity (Wildman–Crippen MR) is 42.7 cm³/mol. The third kappa shape index (κ3) is 2.38. The Morgan fingerprint density at radius 2 is 2.14 bits per heavy atom. The van der Waals surface area contributed by atoms with Gasteiger partial charge in [0.15, 0.2) is 11.6 Å². The van der Waals surface area contributed by atoms with Gasteiger partial charge < -0.3 is 10.1 Å². The van der Waals surface area contributed by atoms with Gasteiger partial charge in [-0.1, -0.05) is 6.07 Å². The molecule has 0 atom stereocenters. The molecule has 0 aliphatic heterocycles. The minimum absolute atomic E-state index is 0.210. The van der Waals surface area contributed by atoms with Crippen LogP contribution in [-0.2, 0) is 4.79 Å². The Morgan fingerprint density at radius 1 is 1.43 bits per heavy atom. The first kappa shape index (κ1) is 10.4. The Balaban J connectivity index is 2.94. The molecule has 0 saturated heterocycles. The molecule has 0 fully saturated rings. The molecule has 0 aliphatic carbocycles. The largest absolute Gasteiger partial charge is 0.432 e. The fourth-order valence-electron chi connectivity index (χ4n) is 0.873. The quantitative estimate of drug-likeness (QED) is 0.763. The minimum atomic E-state index is -3.10. The van der Waals surface area contributed by atoms with Gasteiger partial charge in [-0.2, -0.15) is 8.78 Å². The molecular formula is C8H6F3NO2. The molecule has 1 amide bonds. The lowest BCUT2D eigenvalue weighted by atomic mass is 10.3. The first-order valence-electron chi connectivity index (χ1n) is 3.58. The molecule has 1 N–H and O–H groups in total. The topological polar surface area (TPSA) is 38.3 Å². The van der Waals surface area contributed by atoms with E-state index in [0.717, 1.165) is 6.07 Å². The maximum absolute atomic E-state index is 13.1. The Bertz CT molecular complexity index is 330. The highest BCUT2D eigenvalue weighted by Crippen LogP contribution is 2.25. The van der Waals surface area contributed by atoms with Gasteiger partial charge in [-0.15, -0.1) is 0 Å². The molecule has 0 spiro atoms. The summed E-state index contributed by atoms with van der Waals surface area (Å²) in [6, 6.07) is 3.55. The number of benzene rings is 1. The number of hydrogen-bond donors (Lipinski definition) is 1. The number of anilines is 1. The van der Waals surface area contributed by atoms with Crippen molar-refractivity contribution in [2.24, 2.45) is 0 Å². The Kier molecular flexibility index (Phi) is 3.33. The molecule has 0 radical (unpaired) electrons. The lowest BCUT2D eigenvalue weighted by Crippen LogP contribution is -2.05. The zero-order chi connectivity index (χ0) is 10.6. The molecule has 14 heavy (non-hydrogen) atoms. The van der Waals surface area contributed by atoms with Gasteiger partial charge in [0.05, 0.1) is 5.69 Å². The first-order chi connectivity index (χ1) is 6.65. The average molecular weight is 205 g/mol. The molecule has 0 bridgehead atoms. The number of rotatable bonds is 4. The summed E-state index contributed by atoms with van der Waals surface area (Å²) in [4.78, 5) is 9.99. The zero-order valence-electron chi connectivity index (χ0n) is 6.84. The predicted octanol–water partition coefficient (Wildman–Crippen LogP) is 2.00. The van der Waals surface area contributed by atoms with Gasteiger partial charge in [-0.3, -0.25) is 4.79 Å². The van der Waals surface area contributed by atoms with Crippen molar-refractivity contribution in [3.8, 4) is 5.75 Å². The van der Waals surface area contributed by atoms with E-state index in [2.05, 4.69) is 4.74 Å². The van der Waals surface area contributed by atoms with Crippen molar-refractivity contribution in [1.29, 1.82) is 0 Å². The van der Waals surface area contributed by atoms with Gasteiger partial charge in [0.1, 0.15) is 0 Å². The monoisotopic (exact) mass is 205 g/mol. The van der Waals surface area contributed by atoms with Crippen LogP contribution in [-0.4, -0.2) is 13.0 Å². The van der Waals surface area contributed by atoms with Crippen LogP contribution in [0.2, 0.25) is 0 Å². The van der Waals surface area contributed by atoms with Crippen molar-refractivity contribution in [2.45, 2.75) is 6.61 Å². The molecule has 0 unspecified atom stereocenters. The fraction of sp³-hybridized carbons (Fsp3) is 0.125. The van der Waals surface area contributed by atoms with Crippen LogP contribution in [0, 0.1) is 5.82 Å². The molecule has 6 heteroatoms. The zero-order valence-corrected chi connectivity index (χ0v) is 6.84. The molecule has 76 valence electrons. The van der Waals surface area contributed by atoms with Crippen LogP contribution in [0.1, 0.15) is 0 Å². The summed E-state index contributed by atoms with van der Waals surface area (Å²) in [5, 5.41) is 2.01. The van der Waals surface area contributed by atoms with Crippen molar-refractivity contribution in [3.63, 3.8) is 0 Å². The van der Waals surface area contributed by atoms with Crippen molar-refractivity contribution < 1.29 is 22.7 Å².